The Bertz CT molecular complexity index is 323. The summed E-state index contributed by atoms with van der Waals surface area (Å²) in [6.07, 6.45) is 12.8. The quantitative estimate of drug-likeness (QED) is 0.350. The van der Waals surface area contributed by atoms with Gasteiger partial charge in [0.25, 0.3) is 0 Å². The summed E-state index contributed by atoms with van der Waals surface area (Å²) in [6, 6.07) is 0. The molecule has 0 aliphatic carbocycles. The lowest BCUT2D eigenvalue weighted by Crippen LogP contribution is -2.09. The summed E-state index contributed by atoms with van der Waals surface area (Å²) in [4.78, 5) is 22.0. The minimum Gasteiger partial charge on any atom is -0.481 e. The van der Waals surface area contributed by atoms with Crippen molar-refractivity contribution in [2.75, 3.05) is 0 Å². The highest BCUT2D eigenvalue weighted by Gasteiger charge is 2.07. The van der Waals surface area contributed by atoms with E-state index in [0.29, 0.717) is 19.3 Å². The smallest absolute Gasteiger partial charge is 0.303 e. The summed E-state index contributed by atoms with van der Waals surface area (Å²) >= 11 is 0. The molecule has 2 N–H and O–H groups in total. The number of Topliss-reactive ketones (excluding diaryl/α,β-unsaturated/α-hetero) is 1. The van der Waals surface area contributed by atoms with Crippen molar-refractivity contribution in [1.82, 2.24) is 0 Å². The summed E-state index contributed by atoms with van der Waals surface area (Å²) in [5, 5.41) is 18.3. The molecule has 0 aromatic heterocycles. The molecule has 0 aromatic carbocycles. The van der Waals surface area contributed by atoms with Crippen LogP contribution in [0.5, 0.6) is 0 Å². The molecule has 0 saturated carbocycles. The molecule has 0 saturated heterocycles. The number of carbonyl (C=O) groups excluding carboxylic acids is 1. The van der Waals surface area contributed by atoms with Crippen molar-refractivity contribution >= 4 is 11.8 Å². The molecular weight excluding hydrogens is 280 g/mol. The average molecular weight is 312 g/mol. The van der Waals surface area contributed by atoms with E-state index in [9.17, 15) is 14.7 Å². The third kappa shape index (κ3) is 15.2. The zero-order valence-corrected chi connectivity index (χ0v) is 13.9. The number of carboxylic acids is 1. The van der Waals surface area contributed by atoms with Crippen molar-refractivity contribution in [1.29, 1.82) is 0 Å². The largest absolute Gasteiger partial charge is 0.481 e. The second-order valence-corrected chi connectivity index (χ2v) is 5.85. The van der Waals surface area contributed by atoms with Crippen LogP contribution in [-0.2, 0) is 9.59 Å². The van der Waals surface area contributed by atoms with Crippen LogP contribution >= 0.6 is 0 Å². The van der Waals surface area contributed by atoms with Crippen LogP contribution in [0.4, 0.5) is 0 Å². The Balaban J connectivity index is 3.42. The summed E-state index contributed by atoms with van der Waals surface area (Å²) in [7, 11) is 0. The first kappa shape index (κ1) is 20.8. The molecule has 0 radical (unpaired) electrons. The van der Waals surface area contributed by atoms with E-state index in [0.717, 1.165) is 51.4 Å². The molecule has 0 aliphatic rings. The van der Waals surface area contributed by atoms with Crippen LogP contribution in [0, 0.1) is 0 Å². The molecule has 0 fully saturated rings. The first-order valence-corrected chi connectivity index (χ1v) is 8.62. The predicted octanol–water partition coefficient (Wildman–Crippen LogP) is 4.26. The third-order valence-electron chi connectivity index (χ3n) is 3.68. The fourth-order valence-electron chi connectivity index (χ4n) is 2.31. The van der Waals surface area contributed by atoms with Gasteiger partial charge in [0.1, 0.15) is 5.78 Å². The molecular formula is C18H32O4. The van der Waals surface area contributed by atoms with E-state index in [1.165, 1.54) is 0 Å². The van der Waals surface area contributed by atoms with E-state index in [-0.39, 0.29) is 18.3 Å². The SMILES string of the molecule is CC/C=C\CCC(=O)CCC(O)CCCCCCCC(=O)O. The number of aliphatic hydroxyl groups is 1. The van der Waals surface area contributed by atoms with Gasteiger partial charge in [0.05, 0.1) is 6.10 Å². The number of hydrogen-bond donors (Lipinski definition) is 2. The predicted molar refractivity (Wildman–Crippen MR) is 88.9 cm³/mol. The maximum Gasteiger partial charge on any atom is 0.303 e. The highest BCUT2D eigenvalue weighted by atomic mass is 16.4. The zero-order chi connectivity index (χ0) is 16.6. The van der Waals surface area contributed by atoms with Gasteiger partial charge >= 0.3 is 5.97 Å². The summed E-state index contributed by atoms with van der Waals surface area (Å²) in [5.41, 5.74) is 0. The molecule has 1 unspecified atom stereocenters. The molecule has 0 amide bonds. The highest BCUT2D eigenvalue weighted by molar-refractivity contribution is 5.78. The van der Waals surface area contributed by atoms with Crippen molar-refractivity contribution < 1.29 is 19.8 Å². The number of carbonyl (C=O) groups is 2. The second-order valence-electron chi connectivity index (χ2n) is 5.85. The number of allylic oxidation sites excluding steroid dienone is 2. The average Bonchev–Trinajstić information content (AvgIpc) is 2.48. The number of rotatable bonds is 15. The fourth-order valence-corrected chi connectivity index (χ4v) is 2.31. The maximum atomic E-state index is 11.6. The Morgan fingerprint density at radius 2 is 1.59 bits per heavy atom. The number of carboxylic acid groups (broad SMARTS) is 1. The van der Waals surface area contributed by atoms with Crippen molar-refractivity contribution in [3.8, 4) is 0 Å². The maximum absolute atomic E-state index is 11.6. The van der Waals surface area contributed by atoms with Crippen LogP contribution in [0.15, 0.2) is 12.2 Å². The van der Waals surface area contributed by atoms with Gasteiger partial charge in [-0.15, -0.1) is 0 Å². The number of ketones is 1. The van der Waals surface area contributed by atoms with Crippen molar-refractivity contribution in [2.24, 2.45) is 0 Å². The molecule has 4 nitrogen and oxygen atoms in total. The molecule has 0 heterocycles. The first-order valence-electron chi connectivity index (χ1n) is 8.62. The van der Waals surface area contributed by atoms with Gasteiger partial charge in [0.15, 0.2) is 0 Å². The summed E-state index contributed by atoms with van der Waals surface area (Å²) in [6.45, 7) is 2.07. The molecule has 0 aromatic rings. The van der Waals surface area contributed by atoms with Gasteiger partial charge in [-0.05, 0) is 32.1 Å². The number of aliphatic carboxylic acids is 1. The lowest BCUT2D eigenvalue weighted by molar-refractivity contribution is -0.137. The van der Waals surface area contributed by atoms with Crippen LogP contribution in [-0.4, -0.2) is 28.1 Å². The minimum atomic E-state index is -0.731. The number of unbranched alkanes of at least 4 members (excludes halogenated alkanes) is 4. The Kier molecular flexibility index (Phi) is 14.0. The second kappa shape index (κ2) is 14.8. The molecule has 1 atom stereocenters. The van der Waals surface area contributed by atoms with Crippen LogP contribution < -0.4 is 0 Å². The van der Waals surface area contributed by atoms with Crippen LogP contribution in [0.1, 0.15) is 84.0 Å². The lowest BCUT2D eigenvalue weighted by Gasteiger charge is -2.09. The Labute approximate surface area is 134 Å². The molecule has 0 rings (SSSR count). The fraction of sp³-hybridized carbons (Fsp3) is 0.778. The Morgan fingerprint density at radius 1 is 0.909 bits per heavy atom. The molecule has 0 bridgehead atoms. The third-order valence-corrected chi connectivity index (χ3v) is 3.68. The van der Waals surface area contributed by atoms with E-state index < -0.39 is 5.97 Å². The molecule has 0 aliphatic heterocycles. The summed E-state index contributed by atoms with van der Waals surface area (Å²) in [5.74, 6) is -0.501. The van der Waals surface area contributed by atoms with Crippen molar-refractivity contribution in [3.63, 3.8) is 0 Å². The van der Waals surface area contributed by atoms with Gasteiger partial charge < -0.3 is 10.2 Å². The lowest BCUT2D eigenvalue weighted by atomic mass is 10.0. The van der Waals surface area contributed by atoms with E-state index >= 15 is 0 Å². The van der Waals surface area contributed by atoms with Gasteiger partial charge in [-0.1, -0.05) is 44.8 Å². The van der Waals surface area contributed by atoms with E-state index in [4.69, 9.17) is 5.11 Å². The van der Waals surface area contributed by atoms with Crippen LogP contribution in [0.2, 0.25) is 0 Å². The van der Waals surface area contributed by atoms with E-state index in [1.807, 2.05) is 6.08 Å². The number of hydrogen-bond acceptors (Lipinski definition) is 3. The molecule has 128 valence electrons. The minimum absolute atomic E-state index is 0.230. The van der Waals surface area contributed by atoms with Gasteiger partial charge in [0.2, 0.25) is 0 Å². The standard InChI is InChI=1S/C18H32O4/c1-2-3-4-8-11-16(19)14-15-17(20)12-9-6-5-7-10-13-18(21)22/h3-4,17,20H,2,5-15H2,1H3,(H,21,22)/b4-3-. The summed E-state index contributed by atoms with van der Waals surface area (Å²) < 4.78 is 0. The van der Waals surface area contributed by atoms with Crippen molar-refractivity contribution in [2.45, 2.75) is 90.1 Å². The topological polar surface area (TPSA) is 74.6 Å². The highest BCUT2D eigenvalue weighted by Crippen LogP contribution is 2.12. The Hall–Kier alpha value is -1.16. The zero-order valence-electron chi connectivity index (χ0n) is 13.9. The van der Waals surface area contributed by atoms with Gasteiger partial charge in [-0.25, -0.2) is 0 Å². The van der Waals surface area contributed by atoms with E-state index in [1.54, 1.807) is 0 Å². The Morgan fingerprint density at radius 3 is 2.27 bits per heavy atom. The van der Waals surface area contributed by atoms with E-state index in [2.05, 4.69) is 13.0 Å². The monoisotopic (exact) mass is 312 g/mol. The van der Waals surface area contributed by atoms with Gasteiger partial charge in [-0.2, -0.15) is 0 Å². The molecule has 22 heavy (non-hydrogen) atoms. The molecule has 4 heteroatoms. The first-order chi connectivity index (χ1) is 10.6. The van der Waals surface area contributed by atoms with Crippen molar-refractivity contribution in [3.05, 3.63) is 12.2 Å². The van der Waals surface area contributed by atoms with Crippen LogP contribution in [0.25, 0.3) is 0 Å². The van der Waals surface area contributed by atoms with Crippen LogP contribution in [0.3, 0.4) is 0 Å². The molecule has 0 spiro atoms. The van der Waals surface area contributed by atoms with Gasteiger partial charge in [-0.3, -0.25) is 9.59 Å². The number of aliphatic hydroxyl groups excluding tert-OH is 1. The van der Waals surface area contributed by atoms with Gasteiger partial charge in [0, 0.05) is 19.3 Å². The normalized spacial score (nSPS) is 12.6.